The standard InChI is InChI=1S/C6H8F4/c1-2-5(8)3-6(9,10)4-7/h2,5H,1,3-4H2. The van der Waals surface area contributed by atoms with Gasteiger partial charge in [-0.3, -0.25) is 0 Å². The third kappa shape index (κ3) is 3.48. The third-order valence-electron chi connectivity index (χ3n) is 0.945. The smallest absolute Gasteiger partial charge is 0.244 e. The van der Waals surface area contributed by atoms with Gasteiger partial charge in [0.1, 0.15) is 6.17 Å². The van der Waals surface area contributed by atoms with Gasteiger partial charge in [0.05, 0.1) is 0 Å². The van der Waals surface area contributed by atoms with Crippen LogP contribution >= 0.6 is 0 Å². The Morgan fingerprint density at radius 1 is 1.50 bits per heavy atom. The molecule has 1 unspecified atom stereocenters. The van der Waals surface area contributed by atoms with Gasteiger partial charge in [-0.15, -0.1) is 6.58 Å². The van der Waals surface area contributed by atoms with Gasteiger partial charge >= 0.3 is 0 Å². The first kappa shape index (κ1) is 9.46. The second-order valence-corrected chi connectivity index (χ2v) is 1.95. The summed E-state index contributed by atoms with van der Waals surface area (Å²) in [6.07, 6.45) is -2.22. The van der Waals surface area contributed by atoms with Gasteiger partial charge in [0.15, 0.2) is 6.67 Å². The molecule has 0 aliphatic rings. The van der Waals surface area contributed by atoms with Gasteiger partial charge in [0.25, 0.3) is 5.92 Å². The van der Waals surface area contributed by atoms with Crippen molar-refractivity contribution in [2.75, 3.05) is 6.67 Å². The van der Waals surface area contributed by atoms with E-state index < -0.39 is 25.2 Å². The predicted molar refractivity (Wildman–Crippen MR) is 30.6 cm³/mol. The molecule has 0 bridgehead atoms. The van der Waals surface area contributed by atoms with Crippen molar-refractivity contribution in [2.24, 2.45) is 0 Å². The minimum absolute atomic E-state index is 0.726. The summed E-state index contributed by atoms with van der Waals surface area (Å²) in [5.41, 5.74) is 0. The fourth-order valence-corrected chi connectivity index (χ4v) is 0.423. The Morgan fingerprint density at radius 2 is 2.00 bits per heavy atom. The van der Waals surface area contributed by atoms with Gasteiger partial charge in [-0.25, -0.2) is 17.6 Å². The fourth-order valence-electron chi connectivity index (χ4n) is 0.423. The van der Waals surface area contributed by atoms with Gasteiger partial charge in [-0.05, 0) is 0 Å². The maximum absolute atomic E-state index is 12.0. The summed E-state index contributed by atoms with van der Waals surface area (Å²) in [6, 6.07) is 0. The first-order valence-corrected chi connectivity index (χ1v) is 2.72. The van der Waals surface area contributed by atoms with Crippen LogP contribution in [0.25, 0.3) is 0 Å². The second-order valence-electron chi connectivity index (χ2n) is 1.95. The van der Waals surface area contributed by atoms with Crippen molar-refractivity contribution in [3.63, 3.8) is 0 Å². The van der Waals surface area contributed by atoms with E-state index in [1.165, 1.54) is 0 Å². The first-order chi connectivity index (χ1) is 4.52. The average molecular weight is 156 g/mol. The molecule has 0 heterocycles. The summed E-state index contributed by atoms with van der Waals surface area (Å²) in [6.45, 7) is 1.13. The van der Waals surface area contributed by atoms with E-state index in [1.807, 2.05) is 0 Å². The summed E-state index contributed by atoms with van der Waals surface area (Å²) in [5, 5.41) is 0. The highest BCUT2D eigenvalue weighted by atomic mass is 19.3. The normalized spacial score (nSPS) is 14.8. The lowest BCUT2D eigenvalue weighted by Crippen LogP contribution is -2.22. The van der Waals surface area contributed by atoms with Crippen molar-refractivity contribution in [1.29, 1.82) is 0 Å². The number of halogens is 4. The molecule has 0 nitrogen and oxygen atoms in total. The number of hydrogen-bond acceptors (Lipinski definition) is 0. The molecule has 4 heteroatoms. The van der Waals surface area contributed by atoms with E-state index in [1.54, 1.807) is 0 Å². The topological polar surface area (TPSA) is 0 Å². The van der Waals surface area contributed by atoms with Crippen LogP contribution < -0.4 is 0 Å². The minimum Gasteiger partial charge on any atom is -0.244 e. The molecule has 0 fully saturated rings. The Hall–Kier alpha value is -0.540. The molecule has 0 rings (SSSR count). The predicted octanol–water partition coefficient (Wildman–Crippen LogP) is 2.51. The number of rotatable bonds is 4. The Labute approximate surface area is 56.5 Å². The van der Waals surface area contributed by atoms with Crippen LogP contribution in [0.5, 0.6) is 0 Å². The first-order valence-electron chi connectivity index (χ1n) is 2.72. The fraction of sp³-hybridized carbons (Fsp3) is 0.667. The van der Waals surface area contributed by atoms with Crippen LogP contribution in [-0.4, -0.2) is 18.8 Å². The van der Waals surface area contributed by atoms with Gasteiger partial charge in [-0.2, -0.15) is 0 Å². The zero-order chi connectivity index (χ0) is 8.20. The molecule has 0 aliphatic carbocycles. The summed E-state index contributed by atoms with van der Waals surface area (Å²) < 4.78 is 47.2. The summed E-state index contributed by atoms with van der Waals surface area (Å²) in [4.78, 5) is 0. The third-order valence-corrected chi connectivity index (χ3v) is 0.945. The lowest BCUT2D eigenvalue weighted by atomic mass is 10.2. The Kier molecular flexibility index (Phi) is 3.39. The van der Waals surface area contributed by atoms with Gasteiger partial charge < -0.3 is 0 Å². The highest BCUT2D eigenvalue weighted by Crippen LogP contribution is 2.22. The zero-order valence-electron chi connectivity index (χ0n) is 5.29. The Morgan fingerprint density at radius 3 is 2.30 bits per heavy atom. The number of allylic oxidation sites excluding steroid dienone is 1. The van der Waals surface area contributed by atoms with Gasteiger partial charge in [-0.1, -0.05) is 6.08 Å². The highest BCUT2D eigenvalue weighted by Gasteiger charge is 2.31. The molecule has 0 saturated carbocycles. The van der Waals surface area contributed by atoms with E-state index in [4.69, 9.17) is 0 Å². The van der Waals surface area contributed by atoms with E-state index in [2.05, 4.69) is 6.58 Å². The van der Waals surface area contributed by atoms with E-state index >= 15 is 0 Å². The molecule has 0 spiro atoms. The van der Waals surface area contributed by atoms with Gasteiger partial charge in [0, 0.05) is 6.42 Å². The molecule has 0 N–H and O–H groups in total. The Bertz CT molecular complexity index is 110. The lowest BCUT2D eigenvalue weighted by molar-refractivity contribution is -0.0421. The SMILES string of the molecule is C=CC(F)CC(F)(F)CF. The molecule has 0 aromatic rings. The maximum Gasteiger partial charge on any atom is 0.279 e. The summed E-state index contributed by atoms with van der Waals surface area (Å²) in [7, 11) is 0. The average Bonchev–Trinajstić information content (AvgIpc) is 1.87. The molecular weight excluding hydrogens is 148 g/mol. The molecule has 0 amide bonds. The van der Waals surface area contributed by atoms with Crippen molar-refractivity contribution >= 4 is 0 Å². The lowest BCUT2D eigenvalue weighted by Gasteiger charge is -2.11. The van der Waals surface area contributed by atoms with E-state index in [-0.39, 0.29) is 0 Å². The Balaban J connectivity index is 3.75. The molecule has 0 aromatic heterocycles. The number of hydrogen-bond donors (Lipinski definition) is 0. The molecule has 0 radical (unpaired) electrons. The van der Waals surface area contributed by atoms with Crippen LogP contribution in [0.2, 0.25) is 0 Å². The van der Waals surface area contributed by atoms with Crippen molar-refractivity contribution in [3.8, 4) is 0 Å². The van der Waals surface area contributed by atoms with E-state index in [0.717, 1.165) is 6.08 Å². The molecular formula is C6H8F4. The molecule has 0 saturated heterocycles. The molecule has 0 aromatic carbocycles. The van der Waals surface area contributed by atoms with Crippen LogP contribution in [0.15, 0.2) is 12.7 Å². The molecule has 1 atom stereocenters. The van der Waals surface area contributed by atoms with Crippen LogP contribution in [0.1, 0.15) is 6.42 Å². The van der Waals surface area contributed by atoms with E-state index in [9.17, 15) is 17.6 Å². The summed E-state index contributed by atoms with van der Waals surface area (Å²) >= 11 is 0. The largest absolute Gasteiger partial charge is 0.279 e. The van der Waals surface area contributed by atoms with E-state index in [0.29, 0.717) is 0 Å². The van der Waals surface area contributed by atoms with Crippen LogP contribution in [0.3, 0.4) is 0 Å². The van der Waals surface area contributed by atoms with Crippen molar-refractivity contribution < 1.29 is 17.6 Å². The maximum atomic E-state index is 12.0. The van der Waals surface area contributed by atoms with Crippen LogP contribution in [0.4, 0.5) is 17.6 Å². The van der Waals surface area contributed by atoms with Gasteiger partial charge in [0.2, 0.25) is 0 Å². The molecule has 60 valence electrons. The quantitative estimate of drug-likeness (QED) is 0.433. The molecule has 0 aliphatic heterocycles. The second kappa shape index (κ2) is 3.58. The minimum atomic E-state index is -3.55. The monoisotopic (exact) mass is 156 g/mol. The molecule has 10 heavy (non-hydrogen) atoms. The van der Waals surface area contributed by atoms with Crippen molar-refractivity contribution in [1.82, 2.24) is 0 Å². The number of alkyl halides is 4. The highest BCUT2D eigenvalue weighted by molar-refractivity contribution is 4.83. The van der Waals surface area contributed by atoms with Crippen LogP contribution in [-0.2, 0) is 0 Å². The van der Waals surface area contributed by atoms with Crippen LogP contribution in [0, 0.1) is 0 Å². The van der Waals surface area contributed by atoms with Crippen molar-refractivity contribution in [3.05, 3.63) is 12.7 Å². The van der Waals surface area contributed by atoms with Crippen molar-refractivity contribution in [2.45, 2.75) is 18.5 Å². The summed E-state index contributed by atoms with van der Waals surface area (Å²) in [5.74, 6) is -3.55. The zero-order valence-corrected chi connectivity index (χ0v) is 5.29.